The molecule has 5 nitrogen and oxygen atoms in total. The Labute approximate surface area is 118 Å². The average Bonchev–Trinajstić information content (AvgIpc) is 3.00. The van der Waals surface area contributed by atoms with Gasteiger partial charge in [0.2, 0.25) is 5.91 Å². The Morgan fingerprint density at radius 1 is 1.25 bits per heavy atom. The van der Waals surface area contributed by atoms with Gasteiger partial charge in [-0.15, -0.1) is 0 Å². The van der Waals surface area contributed by atoms with Crippen molar-refractivity contribution in [3.05, 3.63) is 42.1 Å². The third kappa shape index (κ3) is 4.20. The zero-order valence-corrected chi connectivity index (χ0v) is 11.6. The van der Waals surface area contributed by atoms with E-state index in [4.69, 9.17) is 0 Å². The smallest absolute Gasteiger partial charge is 0.221 e. The summed E-state index contributed by atoms with van der Waals surface area (Å²) < 4.78 is 0. The third-order valence-corrected chi connectivity index (χ3v) is 3.03. The molecule has 0 spiro atoms. The van der Waals surface area contributed by atoms with Crippen LogP contribution in [0.15, 0.2) is 36.5 Å². The number of benzene rings is 1. The van der Waals surface area contributed by atoms with Crippen molar-refractivity contribution >= 4 is 5.91 Å². The van der Waals surface area contributed by atoms with E-state index in [0.29, 0.717) is 13.0 Å². The number of rotatable bonds is 7. The summed E-state index contributed by atoms with van der Waals surface area (Å²) in [4.78, 5) is 11.6. The molecule has 1 aromatic heterocycles. The van der Waals surface area contributed by atoms with E-state index in [-0.39, 0.29) is 5.91 Å². The molecule has 0 radical (unpaired) electrons. The van der Waals surface area contributed by atoms with Crippen LogP contribution in [0.4, 0.5) is 0 Å². The second-order valence-corrected chi connectivity index (χ2v) is 4.55. The summed E-state index contributed by atoms with van der Waals surface area (Å²) >= 11 is 0. The highest BCUT2D eigenvalue weighted by molar-refractivity contribution is 5.76. The maximum atomic E-state index is 11.6. The fourth-order valence-electron chi connectivity index (χ4n) is 1.89. The molecule has 5 heteroatoms. The summed E-state index contributed by atoms with van der Waals surface area (Å²) in [7, 11) is 0. The Balaban J connectivity index is 1.81. The maximum Gasteiger partial charge on any atom is 0.221 e. The van der Waals surface area contributed by atoms with Gasteiger partial charge in [0.15, 0.2) is 0 Å². The van der Waals surface area contributed by atoms with Crippen molar-refractivity contribution in [2.24, 2.45) is 0 Å². The van der Waals surface area contributed by atoms with Crippen LogP contribution in [0.2, 0.25) is 0 Å². The largest absolute Gasteiger partial charge is 0.352 e. The van der Waals surface area contributed by atoms with Gasteiger partial charge >= 0.3 is 0 Å². The molecule has 0 atom stereocenters. The molecule has 106 valence electrons. The molecular weight excluding hydrogens is 252 g/mol. The van der Waals surface area contributed by atoms with E-state index < -0.39 is 0 Å². The zero-order chi connectivity index (χ0) is 14.2. The van der Waals surface area contributed by atoms with Crippen LogP contribution < -0.4 is 10.6 Å². The number of carbonyl (C=O) groups excluding carboxylic acids is 1. The Bertz CT molecular complexity index is 519. The van der Waals surface area contributed by atoms with E-state index in [0.717, 1.165) is 29.9 Å². The first-order valence-corrected chi connectivity index (χ1v) is 6.85. The summed E-state index contributed by atoms with van der Waals surface area (Å²) in [5, 5.41) is 12.9. The second kappa shape index (κ2) is 7.45. The number of carbonyl (C=O) groups is 1. The minimum absolute atomic E-state index is 0.0728. The first-order valence-electron chi connectivity index (χ1n) is 6.85. The molecule has 3 N–H and O–H groups in total. The predicted molar refractivity (Wildman–Crippen MR) is 79.0 cm³/mol. The van der Waals surface area contributed by atoms with Crippen molar-refractivity contribution in [2.75, 3.05) is 13.1 Å². The van der Waals surface area contributed by atoms with Crippen LogP contribution in [0.25, 0.3) is 11.3 Å². The van der Waals surface area contributed by atoms with Crippen molar-refractivity contribution in [3.8, 4) is 11.3 Å². The third-order valence-electron chi connectivity index (χ3n) is 3.03. The molecule has 1 aromatic carbocycles. The molecule has 1 heterocycles. The first-order chi connectivity index (χ1) is 9.79. The van der Waals surface area contributed by atoms with Crippen molar-refractivity contribution < 1.29 is 4.79 Å². The van der Waals surface area contributed by atoms with Crippen molar-refractivity contribution in [3.63, 3.8) is 0 Å². The van der Waals surface area contributed by atoms with Gasteiger partial charge in [0.1, 0.15) is 0 Å². The van der Waals surface area contributed by atoms with Gasteiger partial charge in [0.25, 0.3) is 0 Å². The molecule has 2 aromatic rings. The summed E-state index contributed by atoms with van der Waals surface area (Å²) in [5.74, 6) is 0.0728. The standard InChI is InChI=1S/C15H20N4O/c1-2-16-9-8-15(20)17-11-12-3-5-13(6-4-12)14-7-10-18-19-14/h3-7,10,16H,2,8-9,11H2,1H3,(H,17,20)(H,18,19). The van der Waals surface area contributed by atoms with Crippen LogP contribution in [-0.4, -0.2) is 29.2 Å². The lowest BCUT2D eigenvalue weighted by Gasteiger charge is -2.06. The highest BCUT2D eigenvalue weighted by Crippen LogP contribution is 2.16. The first kappa shape index (κ1) is 14.3. The van der Waals surface area contributed by atoms with E-state index in [9.17, 15) is 4.79 Å². The van der Waals surface area contributed by atoms with Gasteiger partial charge in [-0.3, -0.25) is 9.89 Å². The highest BCUT2D eigenvalue weighted by Gasteiger charge is 2.02. The minimum Gasteiger partial charge on any atom is -0.352 e. The van der Waals surface area contributed by atoms with Gasteiger partial charge < -0.3 is 10.6 Å². The van der Waals surface area contributed by atoms with Crippen molar-refractivity contribution in [2.45, 2.75) is 19.9 Å². The number of hydrogen-bond acceptors (Lipinski definition) is 3. The molecule has 0 aliphatic carbocycles. The van der Waals surface area contributed by atoms with Crippen LogP contribution in [0, 0.1) is 0 Å². The molecule has 1 amide bonds. The number of nitrogens with one attached hydrogen (secondary N) is 3. The highest BCUT2D eigenvalue weighted by atomic mass is 16.1. The summed E-state index contributed by atoms with van der Waals surface area (Å²) in [6.45, 7) is 4.21. The number of amides is 1. The molecule has 0 aliphatic heterocycles. The molecule has 0 unspecified atom stereocenters. The normalized spacial score (nSPS) is 10.4. The lowest BCUT2D eigenvalue weighted by atomic mass is 10.1. The van der Waals surface area contributed by atoms with Crippen LogP contribution >= 0.6 is 0 Å². The van der Waals surface area contributed by atoms with Crippen molar-refractivity contribution in [1.82, 2.24) is 20.8 Å². The molecule has 0 bridgehead atoms. The molecule has 0 aliphatic rings. The molecule has 0 saturated carbocycles. The van der Waals surface area contributed by atoms with E-state index in [1.165, 1.54) is 0 Å². The molecule has 20 heavy (non-hydrogen) atoms. The minimum atomic E-state index is 0.0728. The number of H-pyrrole nitrogens is 1. The summed E-state index contributed by atoms with van der Waals surface area (Å²) in [6.07, 6.45) is 2.24. The van der Waals surface area contributed by atoms with Crippen LogP contribution in [0.3, 0.4) is 0 Å². The second-order valence-electron chi connectivity index (χ2n) is 4.55. The Morgan fingerprint density at radius 3 is 2.70 bits per heavy atom. The Morgan fingerprint density at radius 2 is 2.05 bits per heavy atom. The predicted octanol–water partition coefficient (Wildman–Crippen LogP) is 1.69. The fourth-order valence-corrected chi connectivity index (χ4v) is 1.89. The van der Waals surface area contributed by atoms with Gasteiger partial charge in [-0.1, -0.05) is 31.2 Å². The van der Waals surface area contributed by atoms with E-state index >= 15 is 0 Å². The lowest BCUT2D eigenvalue weighted by molar-refractivity contribution is -0.121. The summed E-state index contributed by atoms with van der Waals surface area (Å²) in [5.41, 5.74) is 3.17. The van der Waals surface area contributed by atoms with Gasteiger partial charge in [0.05, 0.1) is 5.69 Å². The fraction of sp³-hybridized carbons (Fsp3) is 0.333. The lowest BCUT2D eigenvalue weighted by Crippen LogP contribution is -2.27. The van der Waals surface area contributed by atoms with E-state index in [1.807, 2.05) is 37.3 Å². The van der Waals surface area contributed by atoms with Crippen molar-refractivity contribution in [1.29, 1.82) is 0 Å². The molecule has 0 saturated heterocycles. The Hall–Kier alpha value is -2.14. The SMILES string of the molecule is CCNCCC(=O)NCc1ccc(-c2ccn[nH]2)cc1. The molecule has 2 rings (SSSR count). The van der Waals surface area contributed by atoms with E-state index in [2.05, 4.69) is 20.8 Å². The van der Waals surface area contributed by atoms with Gasteiger partial charge in [-0.2, -0.15) is 5.10 Å². The number of nitrogens with zero attached hydrogens (tertiary/aromatic N) is 1. The topological polar surface area (TPSA) is 69.8 Å². The van der Waals surface area contributed by atoms with Crippen LogP contribution in [0.5, 0.6) is 0 Å². The van der Waals surface area contributed by atoms with Gasteiger partial charge in [-0.05, 0) is 23.7 Å². The monoisotopic (exact) mass is 272 g/mol. The zero-order valence-electron chi connectivity index (χ0n) is 11.6. The number of aromatic amines is 1. The number of hydrogen-bond donors (Lipinski definition) is 3. The molecular formula is C15H20N4O. The quantitative estimate of drug-likeness (QED) is 0.672. The van der Waals surface area contributed by atoms with Gasteiger partial charge in [-0.25, -0.2) is 0 Å². The van der Waals surface area contributed by atoms with Gasteiger partial charge in [0, 0.05) is 25.7 Å². The summed E-state index contributed by atoms with van der Waals surface area (Å²) in [6, 6.07) is 10.0. The maximum absolute atomic E-state index is 11.6. The van der Waals surface area contributed by atoms with E-state index in [1.54, 1.807) is 6.20 Å². The van der Waals surface area contributed by atoms with Crippen LogP contribution in [-0.2, 0) is 11.3 Å². The average molecular weight is 272 g/mol. The van der Waals surface area contributed by atoms with Crippen LogP contribution in [0.1, 0.15) is 18.9 Å². The Kier molecular flexibility index (Phi) is 5.32. The molecule has 0 fully saturated rings. The number of aromatic nitrogens is 2.